The van der Waals surface area contributed by atoms with Crippen LogP contribution in [-0.2, 0) is 4.79 Å². The van der Waals surface area contributed by atoms with E-state index >= 15 is 0 Å². The molecule has 0 fully saturated rings. The van der Waals surface area contributed by atoms with Crippen molar-refractivity contribution in [1.82, 2.24) is 0 Å². The second-order valence-electron chi connectivity index (χ2n) is 4.23. The van der Waals surface area contributed by atoms with Gasteiger partial charge >= 0.3 is 0 Å². The first-order valence-electron chi connectivity index (χ1n) is 6.13. The summed E-state index contributed by atoms with van der Waals surface area (Å²) >= 11 is 11.6. The van der Waals surface area contributed by atoms with Crippen LogP contribution in [0.15, 0.2) is 48.5 Å². The molecule has 108 valence electrons. The van der Waals surface area contributed by atoms with E-state index in [4.69, 9.17) is 27.9 Å². The maximum absolute atomic E-state index is 11.7. The van der Waals surface area contributed by atoms with Gasteiger partial charge in [-0.3, -0.25) is 4.79 Å². The van der Waals surface area contributed by atoms with Gasteiger partial charge in [-0.1, -0.05) is 47.5 Å². The molecule has 0 bridgehead atoms. The van der Waals surface area contributed by atoms with Gasteiger partial charge in [0.05, 0.1) is 10.0 Å². The summed E-state index contributed by atoms with van der Waals surface area (Å²) in [4.78, 5) is 11.7. The van der Waals surface area contributed by atoms with Crippen molar-refractivity contribution >= 4 is 35.1 Å². The number of benzene rings is 2. The molecular weight excluding hydrogens is 311 g/mol. The number of phenolic OH excluding ortho intramolecular Hbond substituents is 1. The van der Waals surface area contributed by atoms with Crippen LogP contribution < -0.4 is 4.74 Å². The number of hydrogen-bond donors (Lipinski definition) is 1. The number of carbonyl (C=O) groups is 1. The Morgan fingerprint density at radius 1 is 1.14 bits per heavy atom. The first-order valence-corrected chi connectivity index (χ1v) is 6.88. The topological polar surface area (TPSA) is 46.5 Å². The molecule has 0 radical (unpaired) electrons. The van der Waals surface area contributed by atoms with Gasteiger partial charge in [0.2, 0.25) is 0 Å². The molecule has 3 nitrogen and oxygen atoms in total. The number of ether oxygens (including phenoxy) is 1. The zero-order valence-electron chi connectivity index (χ0n) is 10.9. The van der Waals surface area contributed by atoms with Gasteiger partial charge in [-0.25, -0.2) is 0 Å². The molecule has 0 heterocycles. The van der Waals surface area contributed by atoms with Crippen LogP contribution in [0.5, 0.6) is 11.5 Å². The van der Waals surface area contributed by atoms with E-state index in [1.165, 1.54) is 18.2 Å². The fourth-order valence-corrected chi connectivity index (χ4v) is 2.09. The molecule has 0 aliphatic rings. The Morgan fingerprint density at radius 3 is 2.38 bits per heavy atom. The second kappa shape index (κ2) is 7.16. The lowest BCUT2D eigenvalue weighted by Gasteiger charge is -2.03. The van der Waals surface area contributed by atoms with Crippen LogP contribution in [-0.4, -0.2) is 17.5 Å². The molecule has 2 rings (SSSR count). The molecule has 0 amide bonds. The molecule has 0 saturated carbocycles. The van der Waals surface area contributed by atoms with E-state index in [-0.39, 0.29) is 28.2 Å². The Labute approximate surface area is 132 Å². The lowest BCUT2D eigenvalue weighted by Crippen LogP contribution is -2.07. The normalized spacial score (nSPS) is 10.8. The van der Waals surface area contributed by atoms with Crippen molar-refractivity contribution in [2.24, 2.45) is 0 Å². The number of ketones is 1. The van der Waals surface area contributed by atoms with Gasteiger partial charge in [0.15, 0.2) is 18.1 Å². The molecule has 1 N–H and O–H groups in total. The minimum Gasteiger partial charge on any atom is -0.505 e. The van der Waals surface area contributed by atoms with Crippen LogP contribution in [0.3, 0.4) is 0 Å². The third-order valence-corrected chi connectivity index (χ3v) is 3.20. The van der Waals surface area contributed by atoms with Crippen molar-refractivity contribution in [2.75, 3.05) is 6.61 Å². The van der Waals surface area contributed by atoms with E-state index < -0.39 is 0 Å². The first-order chi connectivity index (χ1) is 10.1. The molecule has 0 aliphatic heterocycles. The highest BCUT2D eigenvalue weighted by atomic mass is 35.5. The Hall–Kier alpha value is -1.97. The lowest BCUT2D eigenvalue weighted by atomic mass is 10.2. The average molecular weight is 323 g/mol. The third-order valence-electron chi connectivity index (χ3n) is 2.63. The van der Waals surface area contributed by atoms with Crippen LogP contribution >= 0.6 is 23.2 Å². The van der Waals surface area contributed by atoms with Crippen molar-refractivity contribution in [2.45, 2.75) is 0 Å². The van der Waals surface area contributed by atoms with Crippen LogP contribution in [0.2, 0.25) is 10.0 Å². The number of hydrogen-bond acceptors (Lipinski definition) is 3. The number of aromatic hydroxyl groups is 1. The monoisotopic (exact) mass is 322 g/mol. The van der Waals surface area contributed by atoms with Crippen molar-refractivity contribution < 1.29 is 14.6 Å². The van der Waals surface area contributed by atoms with E-state index in [1.807, 2.05) is 18.2 Å². The summed E-state index contributed by atoms with van der Waals surface area (Å²) in [6, 6.07) is 12.1. The summed E-state index contributed by atoms with van der Waals surface area (Å²) in [5.74, 6) is 0.267. The van der Waals surface area contributed by atoms with Crippen molar-refractivity contribution in [3.05, 3.63) is 64.1 Å². The zero-order valence-corrected chi connectivity index (χ0v) is 12.4. The highest BCUT2D eigenvalue weighted by molar-refractivity contribution is 6.37. The predicted molar refractivity (Wildman–Crippen MR) is 84.1 cm³/mol. The maximum Gasteiger partial charge on any atom is 0.193 e. The standard InChI is InChI=1S/C16H12Cl2O3/c17-14-8-11(9-15(18)16(14)20)6-7-12(19)10-21-13-4-2-1-3-5-13/h1-9,20H,10H2. The summed E-state index contributed by atoms with van der Waals surface area (Å²) in [5, 5.41) is 9.71. The zero-order chi connectivity index (χ0) is 15.2. The molecule has 0 atom stereocenters. The van der Waals surface area contributed by atoms with Crippen LogP contribution in [0.4, 0.5) is 0 Å². The van der Waals surface area contributed by atoms with E-state index in [9.17, 15) is 9.90 Å². The van der Waals surface area contributed by atoms with Crippen LogP contribution in [0.1, 0.15) is 5.56 Å². The second-order valence-corrected chi connectivity index (χ2v) is 5.05. The van der Waals surface area contributed by atoms with E-state index in [2.05, 4.69) is 0 Å². The SMILES string of the molecule is O=C(C=Cc1cc(Cl)c(O)c(Cl)c1)COc1ccccc1. The van der Waals surface area contributed by atoms with E-state index in [0.717, 1.165) is 0 Å². The molecular formula is C16H12Cl2O3. The summed E-state index contributed by atoms with van der Waals surface area (Å²) in [5.41, 5.74) is 0.621. The van der Waals surface area contributed by atoms with Gasteiger partial charge in [-0.15, -0.1) is 0 Å². The molecule has 0 aliphatic carbocycles. The smallest absolute Gasteiger partial charge is 0.193 e. The largest absolute Gasteiger partial charge is 0.505 e. The number of rotatable bonds is 5. The Bertz CT molecular complexity index is 643. The van der Waals surface area contributed by atoms with Gasteiger partial charge < -0.3 is 9.84 Å². The van der Waals surface area contributed by atoms with Crippen LogP contribution in [0, 0.1) is 0 Å². The minimum atomic E-state index is -0.195. The fourth-order valence-electron chi connectivity index (χ4n) is 1.59. The molecule has 0 unspecified atom stereocenters. The van der Waals surface area contributed by atoms with E-state index in [1.54, 1.807) is 18.2 Å². The predicted octanol–water partition coefficient (Wildman–Crippen LogP) is 4.36. The fraction of sp³-hybridized carbons (Fsp3) is 0.0625. The average Bonchev–Trinajstić information content (AvgIpc) is 2.49. The van der Waals surface area contributed by atoms with E-state index in [0.29, 0.717) is 11.3 Å². The summed E-state index contributed by atoms with van der Waals surface area (Å²) < 4.78 is 5.33. The Balaban J connectivity index is 1.96. The van der Waals surface area contributed by atoms with Crippen LogP contribution in [0.25, 0.3) is 6.08 Å². The molecule has 2 aromatic carbocycles. The van der Waals surface area contributed by atoms with Gasteiger partial charge in [0, 0.05) is 0 Å². The molecule has 5 heteroatoms. The van der Waals surface area contributed by atoms with Crippen molar-refractivity contribution in [3.8, 4) is 11.5 Å². The van der Waals surface area contributed by atoms with Gasteiger partial charge in [-0.05, 0) is 35.9 Å². The number of para-hydroxylation sites is 1. The number of halogens is 2. The summed E-state index contributed by atoms with van der Waals surface area (Å²) in [6.07, 6.45) is 2.94. The highest BCUT2D eigenvalue weighted by Gasteiger charge is 2.05. The number of carbonyl (C=O) groups excluding carboxylic acids is 1. The summed E-state index contributed by atoms with van der Waals surface area (Å²) in [6.45, 7) is -0.0555. The quantitative estimate of drug-likeness (QED) is 0.832. The van der Waals surface area contributed by atoms with Crippen molar-refractivity contribution in [1.29, 1.82) is 0 Å². The molecule has 21 heavy (non-hydrogen) atoms. The molecule has 0 saturated heterocycles. The molecule has 0 spiro atoms. The maximum atomic E-state index is 11.7. The van der Waals surface area contributed by atoms with Gasteiger partial charge in [-0.2, -0.15) is 0 Å². The molecule has 0 aromatic heterocycles. The Morgan fingerprint density at radius 2 is 1.76 bits per heavy atom. The lowest BCUT2D eigenvalue weighted by molar-refractivity contribution is -0.116. The van der Waals surface area contributed by atoms with Crippen molar-refractivity contribution in [3.63, 3.8) is 0 Å². The first kappa shape index (κ1) is 15.4. The number of phenols is 1. The Kier molecular flexibility index (Phi) is 5.26. The minimum absolute atomic E-state index is 0.0555. The highest BCUT2D eigenvalue weighted by Crippen LogP contribution is 2.33. The van der Waals surface area contributed by atoms with Gasteiger partial charge in [0.1, 0.15) is 5.75 Å². The molecule has 2 aromatic rings. The summed E-state index contributed by atoms with van der Waals surface area (Å²) in [7, 11) is 0. The van der Waals surface area contributed by atoms with Gasteiger partial charge in [0.25, 0.3) is 0 Å². The third kappa shape index (κ3) is 4.52.